The Bertz CT molecular complexity index is 1510. The maximum Gasteiger partial charge on any atom is 0.263 e. The molecular formula is C31H35N3O6S. The van der Waals surface area contributed by atoms with Crippen LogP contribution in [0.25, 0.3) is 0 Å². The molecule has 41 heavy (non-hydrogen) atoms. The lowest BCUT2D eigenvalue weighted by atomic mass is 9.97. The predicted molar refractivity (Wildman–Crippen MR) is 155 cm³/mol. The second-order valence-corrected chi connectivity index (χ2v) is 12.2. The Morgan fingerprint density at radius 3 is 2.54 bits per heavy atom. The number of carbonyl (C=O) groups excluding carboxylic acids is 2. The molecule has 1 saturated heterocycles. The van der Waals surface area contributed by atoms with Crippen LogP contribution in [0, 0.1) is 12.8 Å². The molecule has 9 nitrogen and oxygen atoms in total. The minimum atomic E-state index is -3.81. The summed E-state index contributed by atoms with van der Waals surface area (Å²) in [6, 6.07) is 21.5. The minimum Gasteiger partial charge on any atom is -0.494 e. The third-order valence-electron chi connectivity index (χ3n) is 7.46. The number of carbonyl (C=O) groups is 2. The maximum absolute atomic E-state index is 13.9. The van der Waals surface area contributed by atoms with E-state index < -0.39 is 22.0 Å². The first kappa shape index (κ1) is 28.6. The molecular weight excluding hydrogens is 542 g/mol. The van der Waals surface area contributed by atoms with E-state index in [2.05, 4.69) is 5.32 Å². The number of sulfonamides is 1. The topological polar surface area (TPSA) is 105 Å². The highest BCUT2D eigenvalue weighted by Gasteiger charge is 2.39. The third-order valence-corrected chi connectivity index (χ3v) is 9.32. The quantitative estimate of drug-likeness (QED) is 0.436. The first-order valence-corrected chi connectivity index (χ1v) is 15.3. The molecule has 0 unspecified atom stereocenters. The molecule has 2 heterocycles. The standard InChI is InChI=1S/C31H35N3O6S/c1-3-39-27-16-15-25(18-22(27)2)41(37,38)33-17-9-12-24(20-33)31(36)34-21-29(40-28-14-8-7-13-26(28)34)30(35)32-19-23-10-5-4-6-11-23/h4-8,10-11,13-16,18,24,29H,3,9,12,17,19-21H2,1-2H3,(H,32,35)/t24-,29-/m1/s1. The van der Waals surface area contributed by atoms with E-state index >= 15 is 0 Å². The van der Waals surface area contributed by atoms with Crippen molar-refractivity contribution in [3.05, 3.63) is 83.9 Å². The molecule has 0 aliphatic carbocycles. The molecule has 0 radical (unpaired) electrons. The molecule has 0 aromatic heterocycles. The van der Waals surface area contributed by atoms with Crippen molar-refractivity contribution in [3.63, 3.8) is 0 Å². The molecule has 3 aromatic rings. The zero-order chi connectivity index (χ0) is 29.0. The van der Waals surface area contributed by atoms with Crippen molar-refractivity contribution in [2.45, 2.75) is 44.2 Å². The van der Waals surface area contributed by atoms with Crippen LogP contribution < -0.4 is 19.7 Å². The van der Waals surface area contributed by atoms with Crippen LogP contribution >= 0.6 is 0 Å². The number of amides is 2. The molecule has 0 bridgehead atoms. The van der Waals surface area contributed by atoms with Crippen molar-refractivity contribution < 1.29 is 27.5 Å². The summed E-state index contributed by atoms with van der Waals surface area (Å²) in [5.74, 6) is -0.00522. The maximum atomic E-state index is 13.9. The molecule has 0 saturated carbocycles. The Balaban J connectivity index is 1.32. The average Bonchev–Trinajstić information content (AvgIpc) is 3.00. The predicted octanol–water partition coefficient (Wildman–Crippen LogP) is 3.91. The third kappa shape index (κ3) is 6.23. The van der Waals surface area contributed by atoms with Crippen molar-refractivity contribution in [2.75, 3.05) is 31.1 Å². The summed E-state index contributed by atoms with van der Waals surface area (Å²) in [5.41, 5.74) is 2.27. The molecule has 0 spiro atoms. The van der Waals surface area contributed by atoms with Gasteiger partial charge in [-0.1, -0.05) is 42.5 Å². The van der Waals surface area contributed by atoms with Crippen molar-refractivity contribution in [1.29, 1.82) is 0 Å². The molecule has 2 amide bonds. The van der Waals surface area contributed by atoms with Gasteiger partial charge in [0.15, 0.2) is 6.10 Å². The number of rotatable bonds is 8. The molecule has 2 aliphatic rings. The zero-order valence-corrected chi connectivity index (χ0v) is 24.1. The van der Waals surface area contributed by atoms with Gasteiger partial charge < -0.3 is 19.7 Å². The van der Waals surface area contributed by atoms with Crippen LogP contribution in [-0.2, 0) is 26.2 Å². The molecule has 1 N–H and O–H groups in total. The fraction of sp³-hybridized carbons (Fsp3) is 0.355. The number of nitrogens with zero attached hydrogens (tertiary/aromatic N) is 2. The van der Waals surface area contributed by atoms with Gasteiger partial charge in [-0.05, 0) is 68.1 Å². The summed E-state index contributed by atoms with van der Waals surface area (Å²) >= 11 is 0. The number of hydrogen-bond donors (Lipinski definition) is 1. The van der Waals surface area contributed by atoms with E-state index in [-0.39, 0.29) is 29.8 Å². The van der Waals surface area contributed by atoms with E-state index in [0.717, 1.165) is 11.1 Å². The van der Waals surface area contributed by atoms with Crippen LogP contribution in [0.5, 0.6) is 11.5 Å². The minimum absolute atomic E-state index is 0.0395. The van der Waals surface area contributed by atoms with Gasteiger partial charge in [-0.2, -0.15) is 4.31 Å². The zero-order valence-electron chi connectivity index (χ0n) is 23.3. The largest absolute Gasteiger partial charge is 0.494 e. The molecule has 1 fully saturated rings. The Morgan fingerprint density at radius 1 is 1.02 bits per heavy atom. The highest BCUT2D eigenvalue weighted by molar-refractivity contribution is 7.89. The Morgan fingerprint density at radius 2 is 1.78 bits per heavy atom. The second-order valence-electron chi connectivity index (χ2n) is 10.3. The number of para-hydroxylation sites is 2. The van der Waals surface area contributed by atoms with Gasteiger partial charge in [0, 0.05) is 19.6 Å². The van der Waals surface area contributed by atoms with E-state index in [1.807, 2.05) is 50.2 Å². The van der Waals surface area contributed by atoms with Crippen molar-refractivity contribution in [1.82, 2.24) is 9.62 Å². The van der Waals surface area contributed by atoms with E-state index in [9.17, 15) is 18.0 Å². The lowest BCUT2D eigenvalue weighted by Crippen LogP contribution is -2.53. The van der Waals surface area contributed by atoms with Gasteiger partial charge in [-0.25, -0.2) is 8.42 Å². The van der Waals surface area contributed by atoms with Gasteiger partial charge in [0.05, 0.1) is 29.7 Å². The van der Waals surface area contributed by atoms with Gasteiger partial charge in [0.1, 0.15) is 11.5 Å². The van der Waals surface area contributed by atoms with Crippen molar-refractivity contribution >= 4 is 27.5 Å². The fourth-order valence-electron chi connectivity index (χ4n) is 5.31. The number of nitrogens with one attached hydrogen (secondary N) is 1. The van der Waals surface area contributed by atoms with Crippen LogP contribution in [-0.4, -0.2) is 56.9 Å². The number of ether oxygens (including phenoxy) is 2. The molecule has 5 rings (SSSR count). The van der Waals surface area contributed by atoms with Crippen molar-refractivity contribution in [3.8, 4) is 11.5 Å². The van der Waals surface area contributed by atoms with Crippen LogP contribution in [0.1, 0.15) is 30.9 Å². The average molecular weight is 578 g/mol. The lowest BCUT2D eigenvalue weighted by Gasteiger charge is -2.38. The number of anilines is 1. The number of aryl methyl sites for hydroxylation is 1. The summed E-state index contributed by atoms with van der Waals surface area (Å²) < 4.78 is 40.1. The van der Waals surface area contributed by atoms with Crippen LogP contribution in [0.4, 0.5) is 5.69 Å². The number of piperidine rings is 1. The lowest BCUT2D eigenvalue weighted by molar-refractivity contribution is -0.129. The van der Waals surface area contributed by atoms with Crippen LogP contribution in [0.3, 0.4) is 0 Å². The van der Waals surface area contributed by atoms with E-state index in [1.165, 1.54) is 4.31 Å². The first-order valence-electron chi connectivity index (χ1n) is 13.9. The molecule has 2 atom stereocenters. The van der Waals surface area contributed by atoms with Crippen LogP contribution in [0.15, 0.2) is 77.7 Å². The number of benzene rings is 3. The Kier molecular flexibility index (Phi) is 8.60. The van der Waals surface area contributed by atoms with Gasteiger partial charge in [0.25, 0.3) is 5.91 Å². The van der Waals surface area contributed by atoms with E-state index in [0.29, 0.717) is 49.7 Å². The first-order chi connectivity index (χ1) is 19.8. The smallest absolute Gasteiger partial charge is 0.263 e. The van der Waals surface area contributed by atoms with Gasteiger partial charge >= 0.3 is 0 Å². The molecule has 3 aromatic carbocycles. The van der Waals surface area contributed by atoms with Crippen LogP contribution in [0.2, 0.25) is 0 Å². The van der Waals surface area contributed by atoms with Gasteiger partial charge in [0.2, 0.25) is 15.9 Å². The summed E-state index contributed by atoms with van der Waals surface area (Å²) in [4.78, 5) is 28.8. The monoisotopic (exact) mass is 577 g/mol. The summed E-state index contributed by atoms with van der Waals surface area (Å²) in [6.07, 6.45) is 0.212. The highest BCUT2D eigenvalue weighted by Crippen LogP contribution is 2.36. The Labute approximate surface area is 241 Å². The molecule has 2 aliphatic heterocycles. The van der Waals surface area contributed by atoms with Crippen molar-refractivity contribution in [2.24, 2.45) is 5.92 Å². The summed E-state index contributed by atoms with van der Waals surface area (Å²) in [7, 11) is -3.81. The molecule has 10 heteroatoms. The second kappa shape index (κ2) is 12.3. The number of fused-ring (bicyclic) bond motifs is 1. The highest BCUT2D eigenvalue weighted by atomic mass is 32.2. The fourth-order valence-corrected chi connectivity index (χ4v) is 6.92. The SMILES string of the molecule is CCOc1ccc(S(=O)(=O)N2CCC[C@@H](C(=O)N3C[C@H](C(=O)NCc4ccccc4)Oc4ccccc43)C2)cc1C. The van der Waals surface area contributed by atoms with E-state index in [1.54, 1.807) is 41.3 Å². The van der Waals surface area contributed by atoms with Gasteiger partial charge in [-0.3, -0.25) is 9.59 Å². The normalized spacial score (nSPS) is 19.1. The van der Waals surface area contributed by atoms with Gasteiger partial charge in [-0.15, -0.1) is 0 Å². The molecule has 216 valence electrons. The van der Waals surface area contributed by atoms with E-state index in [4.69, 9.17) is 9.47 Å². The number of hydrogen-bond acceptors (Lipinski definition) is 6. The Hall–Kier alpha value is -3.89. The summed E-state index contributed by atoms with van der Waals surface area (Å²) in [5, 5.41) is 2.90. The summed E-state index contributed by atoms with van der Waals surface area (Å²) in [6.45, 7) is 4.97.